The van der Waals surface area contributed by atoms with E-state index in [1.165, 1.54) is 0 Å². The summed E-state index contributed by atoms with van der Waals surface area (Å²) in [5, 5.41) is 0. The van der Waals surface area contributed by atoms with Crippen molar-refractivity contribution in [1.82, 2.24) is 0 Å². The molecule has 0 unspecified atom stereocenters. The van der Waals surface area contributed by atoms with Gasteiger partial charge >= 0.3 is 5.97 Å². The molecule has 0 aliphatic carbocycles. The molecule has 0 radical (unpaired) electrons. The Labute approximate surface area is 115 Å². The molecule has 0 saturated heterocycles. The molecule has 0 N–H and O–H groups in total. The monoisotopic (exact) mass is 358 g/mol. The smallest absolute Gasteiger partial charge is 0.379 e. The van der Waals surface area contributed by atoms with Crippen LogP contribution in [-0.4, -0.2) is 5.97 Å². The van der Waals surface area contributed by atoms with E-state index in [4.69, 9.17) is 9.15 Å². The molecule has 1 aromatic carbocycles. The van der Waals surface area contributed by atoms with E-state index in [1.54, 1.807) is 18.2 Å². The summed E-state index contributed by atoms with van der Waals surface area (Å²) in [6.07, 6.45) is 0. The topological polar surface area (TPSA) is 39.4 Å². The van der Waals surface area contributed by atoms with Gasteiger partial charge in [0.05, 0.1) is 0 Å². The van der Waals surface area contributed by atoms with Crippen LogP contribution in [0.25, 0.3) is 0 Å². The molecule has 0 atom stereocenters. The number of carbonyl (C=O) groups excluding carboxylic acids is 1. The summed E-state index contributed by atoms with van der Waals surface area (Å²) in [5.41, 5.74) is 0.873. The molecule has 17 heavy (non-hydrogen) atoms. The van der Waals surface area contributed by atoms with Gasteiger partial charge in [-0.25, -0.2) is 4.79 Å². The fourth-order valence-electron chi connectivity index (χ4n) is 1.30. The lowest BCUT2D eigenvalue weighted by molar-refractivity contribution is 0.0698. The number of benzene rings is 1. The van der Waals surface area contributed by atoms with Crippen LogP contribution in [0.3, 0.4) is 0 Å². The molecule has 5 heteroatoms. The molecule has 2 aromatic rings. The maximum Gasteiger partial charge on any atom is 0.379 e. The Hall–Kier alpha value is -1.07. The predicted molar refractivity (Wildman–Crippen MR) is 70.2 cm³/mol. The van der Waals surface area contributed by atoms with Gasteiger partial charge in [0.1, 0.15) is 5.75 Å². The number of rotatable bonds is 2. The first-order valence-electron chi connectivity index (χ1n) is 4.80. The van der Waals surface area contributed by atoms with Crippen molar-refractivity contribution in [3.63, 3.8) is 0 Å². The fourth-order valence-corrected chi connectivity index (χ4v) is 2.08. The van der Waals surface area contributed by atoms with Gasteiger partial charge in [-0.3, -0.25) is 0 Å². The summed E-state index contributed by atoms with van der Waals surface area (Å²) in [7, 11) is 0. The lowest BCUT2D eigenvalue weighted by Gasteiger charge is -2.05. The predicted octanol–water partition coefficient (Wildman–Crippen LogP) is 4.33. The molecular weight excluding hydrogens is 352 g/mol. The molecule has 88 valence electrons. The molecule has 0 spiro atoms. The summed E-state index contributed by atoms with van der Waals surface area (Å²) in [6.45, 7) is 1.87. The highest BCUT2D eigenvalue weighted by Crippen LogP contribution is 2.23. The lowest BCUT2D eigenvalue weighted by atomic mass is 10.2. The largest absolute Gasteiger partial charge is 0.442 e. The van der Waals surface area contributed by atoms with Crippen LogP contribution in [0.1, 0.15) is 16.1 Å². The minimum Gasteiger partial charge on any atom is -0.442 e. The van der Waals surface area contributed by atoms with Crippen LogP contribution in [0.15, 0.2) is 43.9 Å². The molecule has 0 aliphatic rings. The zero-order chi connectivity index (χ0) is 12.4. The van der Waals surface area contributed by atoms with E-state index in [2.05, 4.69) is 31.9 Å². The Kier molecular flexibility index (Phi) is 3.69. The molecule has 3 nitrogen and oxygen atoms in total. The van der Waals surface area contributed by atoms with Gasteiger partial charge in [0.2, 0.25) is 5.76 Å². The molecule has 0 aliphatic heterocycles. The minimum atomic E-state index is -0.513. The van der Waals surface area contributed by atoms with E-state index < -0.39 is 5.97 Å². The number of halogens is 2. The Morgan fingerprint density at radius 2 is 2.00 bits per heavy atom. The fraction of sp³-hybridized carbons (Fsp3) is 0.0833. The van der Waals surface area contributed by atoms with Crippen molar-refractivity contribution < 1.29 is 13.9 Å². The zero-order valence-electron chi connectivity index (χ0n) is 8.87. The van der Waals surface area contributed by atoms with E-state index in [9.17, 15) is 4.79 Å². The Morgan fingerprint density at radius 3 is 2.59 bits per heavy atom. The van der Waals surface area contributed by atoms with E-state index >= 15 is 0 Å². The number of hydrogen-bond acceptors (Lipinski definition) is 3. The van der Waals surface area contributed by atoms with Gasteiger partial charge in [0.15, 0.2) is 4.67 Å². The molecule has 0 bridgehead atoms. The highest BCUT2D eigenvalue weighted by atomic mass is 79.9. The summed E-state index contributed by atoms with van der Waals surface area (Å²) < 4.78 is 11.8. The average molecular weight is 360 g/mol. The third kappa shape index (κ3) is 2.98. The van der Waals surface area contributed by atoms with E-state index in [0.717, 1.165) is 10.0 Å². The molecule has 0 saturated carbocycles. The van der Waals surface area contributed by atoms with Crippen molar-refractivity contribution in [1.29, 1.82) is 0 Å². The highest BCUT2D eigenvalue weighted by Gasteiger charge is 2.14. The van der Waals surface area contributed by atoms with Crippen molar-refractivity contribution in [2.75, 3.05) is 0 Å². The van der Waals surface area contributed by atoms with Gasteiger partial charge in [-0.05, 0) is 58.7 Å². The van der Waals surface area contributed by atoms with Crippen LogP contribution in [0.2, 0.25) is 0 Å². The number of esters is 1. The van der Waals surface area contributed by atoms with E-state index in [0.29, 0.717) is 10.4 Å². The summed E-state index contributed by atoms with van der Waals surface area (Å²) in [4.78, 5) is 11.7. The number of carbonyl (C=O) groups is 1. The SMILES string of the molecule is Cc1cc(Br)ccc1OC(=O)c1ccc(Br)o1. The quantitative estimate of drug-likeness (QED) is 0.591. The molecule has 1 heterocycles. The van der Waals surface area contributed by atoms with Crippen molar-refractivity contribution in [2.45, 2.75) is 6.92 Å². The first-order chi connectivity index (χ1) is 8.06. The number of hydrogen-bond donors (Lipinski definition) is 0. The Balaban J connectivity index is 2.18. The summed E-state index contributed by atoms with van der Waals surface area (Å²) >= 11 is 6.47. The second-order valence-electron chi connectivity index (χ2n) is 3.40. The number of aryl methyl sites for hydroxylation is 1. The summed E-state index contributed by atoms with van der Waals surface area (Å²) in [5.74, 6) is 0.172. The first-order valence-corrected chi connectivity index (χ1v) is 6.38. The molecule has 2 rings (SSSR count). The number of furan rings is 1. The lowest BCUT2D eigenvalue weighted by Crippen LogP contribution is -2.08. The Morgan fingerprint density at radius 1 is 1.24 bits per heavy atom. The number of ether oxygens (including phenoxy) is 1. The third-order valence-corrected chi connectivity index (χ3v) is 3.03. The second-order valence-corrected chi connectivity index (χ2v) is 5.10. The third-order valence-electron chi connectivity index (χ3n) is 2.11. The molecular formula is C12H8Br2O3. The normalized spacial score (nSPS) is 10.3. The van der Waals surface area contributed by atoms with Gasteiger partial charge in [-0.2, -0.15) is 0 Å². The second kappa shape index (κ2) is 5.06. The van der Waals surface area contributed by atoms with Gasteiger partial charge in [-0.1, -0.05) is 15.9 Å². The van der Waals surface area contributed by atoms with Crippen molar-refractivity contribution in [3.05, 3.63) is 50.8 Å². The van der Waals surface area contributed by atoms with Crippen molar-refractivity contribution in [2.24, 2.45) is 0 Å². The molecule has 0 fully saturated rings. The van der Waals surface area contributed by atoms with Gasteiger partial charge in [0, 0.05) is 4.47 Å². The van der Waals surface area contributed by atoms with Crippen LogP contribution in [0, 0.1) is 6.92 Å². The molecule has 1 aromatic heterocycles. The van der Waals surface area contributed by atoms with Crippen LogP contribution in [0.5, 0.6) is 5.75 Å². The Bertz CT molecular complexity index is 561. The average Bonchev–Trinajstić information content (AvgIpc) is 2.69. The van der Waals surface area contributed by atoms with Crippen LogP contribution in [-0.2, 0) is 0 Å². The van der Waals surface area contributed by atoms with Gasteiger partial charge in [0.25, 0.3) is 0 Å². The van der Waals surface area contributed by atoms with Crippen LogP contribution in [0.4, 0.5) is 0 Å². The van der Waals surface area contributed by atoms with Gasteiger partial charge in [-0.15, -0.1) is 0 Å². The van der Waals surface area contributed by atoms with Gasteiger partial charge < -0.3 is 9.15 Å². The standard InChI is InChI=1S/C12H8Br2O3/c1-7-6-8(13)2-3-9(7)17-12(15)10-4-5-11(14)16-10/h2-6H,1H3. The molecule has 0 amide bonds. The minimum absolute atomic E-state index is 0.166. The van der Waals surface area contributed by atoms with Crippen molar-refractivity contribution in [3.8, 4) is 5.75 Å². The van der Waals surface area contributed by atoms with Crippen molar-refractivity contribution >= 4 is 37.8 Å². The van der Waals surface area contributed by atoms with E-state index in [1.807, 2.05) is 19.1 Å². The summed E-state index contributed by atoms with van der Waals surface area (Å²) in [6, 6.07) is 8.62. The van der Waals surface area contributed by atoms with Crippen LogP contribution >= 0.6 is 31.9 Å². The maximum atomic E-state index is 11.7. The van der Waals surface area contributed by atoms with Crippen LogP contribution < -0.4 is 4.74 Å². The first kappa shape index (κ1) is 12.4. The zero-order valence-corrected chi connectivity index (χ0v) is 12.0. The highest BCUT2D eigenvalue weighted by molar-refractivity contribution is 9.10. The maximum absolute atomic E-state index is 11.7. The van der Waals surface area contributed by atoms with E-state index in [-0.39, 0.29) is 5.76 Å².